The lowest BCUT2D eigenvalue weighted by molar-refractivity contribution is 0.300. The van der Waals surface area contributed by atoms with Gasteiger partial charge in [-0.1, -0.05) is 35.3 Å². The second-order valence-electron chi connectivity index (χ2n) is 4.28. The molecule has 0 saturated carbocycles. The van der Waals surface area contributed by atoms with E-state index in [0.717, 1.165) is 12.1 Å². The first-order valence-corrected chi connectivity index (χ1v) is 6.86. The summed E-state index contributed by atoms with van der Waals surface area (Å²) >= 11 is 12.1. The Morgan fingerprint density at radius 1 is 1.15 bits per heavy atom. The van der Waals surface area contributed by atoms with E-state index in [0.29, 0.717) is 21.4 Å². The second kappa shape index (κ2) is 6.93. The van der Waals surface area contributed by atoms with E-state index in [9.17, 15) is 4.39 Å². The summed E-state index contributed by atoms with van der Waals surface area (Å²) in [6.07, 6.45) is 0. The molecule has 0 amide bonds. The van der Waals surface area contributed by atoms with Crippen molar-refractivity contribution >= 4 is 23.2 Å². The molecule has 0 bridgehead atoms. The number of hydrogen-bond acceptors (Lipinski definition) is 2. The van der Waals surface area contributed by atoms with E-state index < -0.39 is 0 Å². The van der Waals surface area contributed by atoms with Crippen molar-refractivity contribution in [3.8, 4) is 5.75 Å². The van der Waals surface area contributed by atoms with Gasteiger partial charge >= 0.3 is 0 Å². The third kappa shape index (κ3) is 3.63. The zero-order valence-corrected chi connectivity index (χ0v) is 12.4. The van der Waals surface area contributed by atoms with Crippen LogP contribution in [-0.2, 0) is 13.2 Å². The molecule has 20 heavy (non-hydrogen) atoms. The Hall–Kier alpha value is -1.29. The average molecular weight is 314 g/mol. The number of nitrogens with one attached hydrogen (secondary N) is 1. The van der Waals surface area contributed by atoms with E-state index >= 15 is 0 Å². The predicted molar refractivity (Wildman–Crippen MR) is 80.0 cm³/mol. The van der Waals surface area contributed by atoms with E-state index in [4.69, 9.17) is 27.9 Å². The van der Waals surface area contributed by atoms with Crippen molar-refractivity contribution in [2.75, 3.05) is 7.05 Å². The van der Waals surface area contributed by atoms with Crippen LogP contribution in [0.3, 0.4) is 0 Å². The summed E-state index contributed by atoms with van der Waals surface area (Å²) < 4.78 is 19.2. The van der Waals surface area contributed by atoms with Gasteiger partial charge in [0.2, 0.25) is 0 Å². The molecule has 2 rings (SSSR count). The Labute approximate surface area is 127 Å². The highest BCUT2D eigenvalue weighted by molar-refractivity contribution is 6.32. The monoisotopic (exact) mass is 313 g/mol. The standard InChI is InChI=1S/C15H14Cl2FNO/c1-19-8-10-5-6-15(13(17)7-10)20-9-11-12(16)3-2-4-14(11)18/h2-7,19H,8-9H2,1H3. The maximum atomic E-state index is 13.6. The Kier molecular flexibility index (Phi) is 5.24. The highest BCUT2D eigenvalue weighted by Crippen LogP contribution is 2.28. The molecule has 0 saturated heterocycles. The summed E-state index contributed by atoms with van der Waals surface area (Å²) in [6, 6.07) is 10.0. The van der Waals surface area contributed by atoms with Crippen LogP contribution in [-0.4, -0.2) is 7.05 Å². The van der Waals surface area contributed by atoms with Gasteiger partial charge in [-0.2, -0.15) is 0 Å². The van der Waals surface area contributed by atoms with Crippen LogP contribution >= 0.6 is 23.2 Å². The van der Waals surface area contributed by atoms with Gasteiger partial charge in [0.05, 0.1) is 10.0 Å². The minimum atomic E-state index is -0.388. The molecule has 0 heterocycles. The summed E-state index contributed by atoms with van der Waals surface area (Å²) in [7, 11) is 1.86. The van der Waals surface area contributed by atoms with Crippen LogP contribution in [0.4, 0.5) is 4.39 Å². The number of halogens is 3. The van der Waals surface area contributed by atoms with Crippen LogP contribution in [0.25, 0.3) is 0 Å². The number of rotatable bonds is 5. The van der Waals surface area contributed by atoms with Crippen molar-refractivity contribution in [2.45, 2.75) is 13.2 Å². The molecule has 0 radical (unpaired) electrons. The van der Waals surface area contributed by atoms with E-state index in [1.165, 1.54) is 6.07 Å². The maximum absolute atomic E-state index is 13.6. The summed E-state index contributed by atoms with van der Waals surface area (Å²) in [5, 5.41) is 3.87. The lowest BCUT2D eigenvalue weighted by Gasteiger charge is -2.11. The molecule has 2 nitrogen and oxygen atoms in total. The fraction of sp³-hybridized carbons (Fsp3) is 0.200. The maximum Gasteiger partial charge on any atom is 0.138 e. The molecular weight excluding hydrogens is 300 g/mol. The van der Waals surface area contributed by atoms with Crippen LogP contribution in [0.1, 0.15) is 11.1 Å². The third-order valence-corrected chi connectivity index (χ3v) is 3.46. The number of benzene rings is 2. The fourth-order valence-corrected chi connectivity index (χ4v) is 2.27. The van der Waals surface area contributed by atoms with Gasteiger partial charge in [-0.05, 0) is 36.9 Å². The van der Waals surface area contributed by atoms with Crippen LogP contribution in [0.2, 0.25) is 10.0 Å². The average Bonchev–Trinajstić information content (AvgIpc) is 2.40. The normalized spacial score (nSPS) is 10.6. The highest BCUT2D eigenvalue weighted by Gasteiger charge is 2.09. The Morgan fingerprint density at radius 3 is 2.60 bits per heavy atom. The summed E-state index contributed by atoms with van der Waals surface area (Å²) in [5.74, 6) is 0.117. The molecule has 0 fully saturated rings. The van der Waals surface area contributed by atoms with E-state index in [2.05, 4.69) is 5.32 Å². The molecule has 0 aromatic heterocycles. The van der Waals surface area contributed by atoms with Gasteiger partial charge < -0.3 is 10.1 Å². The van der Waals surface area contributed by atoms with E-state index in [1.54, 1.807) is 18.2 Å². The molecule has 0 aliphatic heterocycles. The Balaban J connectivity index is 2.11. The third-order valence-electron chi connectivity index (χ3n) is 2.81. The van der Waals surface area contributed by atoms with Crippen LogP contribution in [0, 0.1) is 5.82 Å². The lowest BCUT2D eigenvalue weighted by Crippen LogP contribution is -2.05. The van der Waals surface area contributed by atoms with Crippen LogP contribution < -0.4 is 10.1 Å². The van der Waals surface area contributed by atoms with Gasteiger partial charge in [0.15, 0.2) is 0 Å². The zero-order chi connectivity index (χ0) is 14.5. The molecule has 0 spiro atoms. The number of hydrogen-bond donors (Lipinski definition) is 1. The predicted octanol–water partition coefficient (Wildman–Crippen LogP) is 4.43. The second-order valence-corrected chi connectivity index (χ2v) is 5.10. The topological polar surface area (TPSA) is 21.3 Å². The zero-order valence-electron chi connectivity index (χ0n) is 10.9. The molecule has 106 valence electrons. The first kappa shape index (κ1) is 15.1. The molecule has 0 unspecified atom stereocenters. The van der Waals surface area contributed by atoms with Crippen molar-refractivity contribution < 1.29 is 9.13 Å². The quantitative estimate of drug-likeness (QED) is 0.881. The smallest absolute Gasteiger partial charge is 0.138 e. The van der Waals surface area contributed by atoms with Gasteiger partial charge in [0, 0.05) is 12.1 Å². The molecule has 2 aromatic rings. The molecule has 2 aromatic carbocycles. The first-order chi connectivity index (χ1) is 9.61. The lowest BCUT2D eigenvalue weighted by atomic mass is 10.2. The minimum Gasteiger partial charge on any atom is -0.487 e. The molecule has 0 aliphatic rings. The SMILES string of the molecule is CNCc1ccc(OCc2c(F)cccc2Cl)c(Cl)c1. The Bertz CT molecular complexity index is 584. The van der Waals surface area contributed by atoms with Crippen molar-refractivity contribution in [3.63, 3.8) is 0 Å². The van der Waals surface area contributed by atoms with Gasteiger partial charge in [-0.25, -0.2) is 4.39 Å². The molecule has 1 N–H and O–H groups in total. The van der Waals surface area contributed by atoms with Gasteiger partial charge in [-0.3, -0.25) is 0 Å². The largest absolute Gasteiger partial charge is 0.487 e. The van der Waals surface area contributed by atoms with E-state index in [1.807, 2.05) is 19.2 Å². The minimum absolute atomic E-state index is 0.0383. The summed E-state index contributed by atoms with van der Waals surface area (Å²) in [6.45, 7) is 0.760. The molecular formula is C15H14Cl2FNO. The number of ether oxygens (including phenoxy) is 1. The summed E-state index contributed by atoms with van der Waals surface area (Å²) in [5.41, 5.74) is 1.37. The molecule has 0 atom stereocenters. The molecule has 5 heteroatoms. The summed E-state index contributed by atoms with van der Waals surface area (Å²) in [4.78, 5) is 0. The van der Waals surface area contributed by atoms with Crippen molar-refractivity contribution in [3.05, 3.63) is 63.4 Å². The van der Waals surface area contributed by atoms with Crippen molar-refractivity contribution in [2.24, 2.45) is 0 Å². The van der Waals surface area contributed by atoms with E-state index in [-0.39, 0.29) is 12.4 Å². The van der Waals surface area contributed by atoms with Gasteiger partial charge in [-0.15, -0.1) is 0 Å². The van der Waals surface area contributed by atoms with Gasteiger partial charge in [0.25, 0.3) is 0 Å². The first-order valence-electron chi connectivity index (χ1n) is 6.10. The Morgan fingerprint density at radius 2 is 1.95 bits per heavy atom. The van der Waals surface area contributed by atoms with Crippen molar-refractivity contribution in [1.82, 2.24) is 5.32 Å². The molecule has 0 aliphatic carbocycles. The van der Waals surface area contributed by atoms with Crippen molar-refractivity contribution in [1.29, 1.82) is 0 Å². The highest BCUT2D eigenvalue weighted by atomic mass is 35.5. The van der Waals surface area contributed by atoms with Crippen LogP contribution in [0.5, 0.6) is 5.75 Å². The van der Waals surface area contributed by atoms with Gasteiger partial charge in [0.1, 0.15) is 18.2 Å². The fourth-order valence-electron chi connectivity index (χ4n) is 1.80. The van der Waals surface area contributed by atoms with Crippen LogP contribution in [0.15, 0.2) is 36.4 Å².